The average molecular weight is 286 g/mol. The fourth-order valence-corrected chi connectivity index (χ4v) is 3.40. The van der Waals surface area contributed by atoms with Gasteiger partial charge in [-0.3, -0.25) is 0 Å². The fraction of sp³-hybridized carbons (Fsp3) is 0.471. The molecule has 0 spiro atoms. The van der Waals surface area contributed by atoms with Crippen molar-refractivity contribution < 1.29 is 9.53 Å². The van der Waals surface area contributed by atoms with Crippen LogP contribution in [0.5, 0.6) is 0 Å². The molecule has 0 aliphatic carbocycles. The molecule has 2 atom stereocenters. The van der Waals surface area contributed by atoms with Crippen LogP contribution in [-0.2, 0) is 15.1 Å². The van der Waals surface area contributed by atoms with E-state index >= 15 is 0 Å². The molecular weight excluding hydrogens is 264 g/mol. The summed E-state index contributed by atoms with van der Waals surface area (Å²) in [5.41, 5.74) is 2.34. The van der Waals surface area contributed by atoms with Gasteiger partial charge in [0, 0.05) is 23.3 Å². The summed E-state index contributed by atoms with van der Waals surface area (Å²) >= 11 is 0. The number of nitrogens with one attached hydrogen (secondary N) is 1. The van der Waals surface area contributed by atoms with E-state index in [4.69, 9.17) is 4.74 Å². The Balaban J connectivity index is 2.19. The van der Waals surface area contributed by atoms with Crippen LogP contribution in [0.1, 0.15) is 18.9 Å². The topological polar surface area (TPSA) is 41.6 Å². The predicted molar refractivity (Wildman–Crippen MR) is 81.9 cm³/mol. The van der Waals surface area contributed by atoms with E-state index in [0.717, 1.165) is 29.7 Å². The summed E-state index contributed by atoms with van der Waals surface area (Å²) < 4.78 is 6.01. The van der Waals surface area contributed by atoms with Gasteiger partial charge in [0.05, 0.1) is 6.04 Å². The number of rotatable bonds is 3. The molecule has 2 heterocycles. The summed E-state index contributed by atoms with van der Waals surface area (Å²) in [6.45, 7) is 3.67. The molecule has 0 radical (unpaired) electrons. The maximum absolute atomic E-state index is 12.4. The molecule has 0 fully saturated rings. The normalized spacial score (nSPS) is 26.8. The first-order valence-corrected chi connectivity index (χ1v) is 7.46. The van der Waals surface area contributed by atoms with Crippen LogP contribution in [0, 0.1) is 0 Å². The number of ether oxygens (including phenoxy) is 1. The van der Waals surface area contributed by atoms with Crippen LogP contribution in [0.25, 0.3) is 0 Å². The average Bonchev–Trinajstić information content (AvgIpc) is 2.82. The van der Waals surface area contributed by atoms with Gasteiger partial charge in [-0.15, -0.1) is 0 Å². The number of benzene rings is 1. The van der Waals surface area contributed by atoms with Gasteiger partial charge in [0.2, 0.25) is 0 Å². The van der Waals surface area contributed by atoms with Gasteiger partial charge in [-0.1, -0.05) is 30.3 Å². The highest BCUT2D eigenvalue weighted by Gasteiger charge is 2.53. The summed E-state index contributed by atoms with van der Waals surface area (Å²) in [4.78, 5) is 14.5. The smallest absolute Gasteiger partial charge is 0.335 e. The van der Waals surface area contributed by atoms with Gasteiger partial charge in [0.1, 0.15) is 0 Å². The largest absolute Gasteiger partial charge is 0.444 e. The second-order valence-electron chi connectivity index (χ2n) is 6.01. The third-order valence-corrected chi connectivity index (χ3v) is 4.73. The number of carbonyl (C=O) groups excluding carboxylic acids is 1. The molecule has 4 heteroatoms. The summed E-state index contributed by atoms with van der Waals surface area (Å²) in [5, 5.41) is 3.39. The molecule has 0 amide bonds. The van der Waals surface area contributed by atoms with Crippen LogP contribution in [0.15, 0.2) is 41.5 Å². The Morgan fingerprint density at radius 2 is 2.00 bits per heavy atom. The van der Waals surface area contributed by atoms with Crippen molar-refractivity contribution in [3.8, 4) is 0 Å². The van der Waals surface area contributed by atoms with Crippen LogP contribution in [-0.4, -0.2) is 44.1 Å². The third kappa shape index (κ3) is 2.10. The monoisotopic (exact) mass is 286 g/mol. The van der Waals surface area contributed by atoms with Gasteiger partial charge in [0.15, 0.2) is 5.60 Å². The molecule has 1 aromatic carbocycles. The number of cyclic esters (lactones) is 1. The van der Waals surface area contributed by atoms with Crippen molar-refractivity contribution in [1.29, 1.82) is 0 Å². The first-order chi connectivity index (χ1) is 10.1. The second kappa shape index (κ2) is 5.28. The van der Waals surface area contributed by atoms with Crippen LogP contribution in [0.2, 0.25) is 0 Å². The minimum absolute atomic E-state index is 0.0660. The van der Waals surface area contributed by atoms with Crippen molar-refractivity contribution in [3.05, 3.63) is 47.0 Å². The van der Waals surface area contributed by atoms with Crippen LogP contribution >= 0.6 is 0 Å². The van der Waals surface area contributed by atoms with Gasteiger partial charge in [0.25, 0.3) is 0 Å². The Morgan fingerprint density at radius 3 is 2.67 bits per heavy atom. The van der Waals surface area contributed by atoms with Crippen molar-refractivity contribution in [1.82, 2.24) is 10.2 Å². The van der Waals surface area contributed by atoms with E-state index in [1.54, 1.807) is 0 Å². The third-order valence-electron chi connectivity index (χ3n) is 4.73. The number of carbonyl (C=O) groups is 1. The number of esters is 1. The Kier molecular flexibility index (Phi) is 3.59. The van der Waals surface area contributed by atoms with Crippen molar-refractivity contribution in [2.24, 2.45) is 0 Å². The molecule has 2 aliphatic heterocycles. The molecule has 0 bridgehead atoms. The maximum atomic E-state index is 12.4. The number of nitrogens with zero attached hydrogens (tertiary/aromatic N) is 1. The Hall–Kier alpha value is -1.65. The lowest BCUT2D eigenvalue weighted by Crippen LogP contribution is -2.49. The summed E-state index contributed by atoms with van der Waals surface area (Å²) in [7, 11) is 4.05. The zero-order chi connectivity index (χ0) is 15.0. The van der Waals surface area contributed by atoms with Crippen molar-refractivity contribution in [2.45, 2.75) is 25.0 Å². The highest BCUT2D eigenvalue weighted by atomic mass is 16.6. The number of hydrogen-bond donors (Lipinski definition) is 1. The predicted octanol–water partition coefficient (Wildman–Crippen LogP) is 1.68. The van der Waals surface area contributed by atoms with Crippen LogP contribution in [0.3, 0.4) is 0 Å². The maximum Gasteiger partial charge on any atom is 0.335 e. The van der Waals surface area contributed by atoms with Crippen molar-refractivity contribution >= 4 is 5.97 Å². The second-order valence-corrected chi connectivity index (χ2v) is 6.01. The Morgan fingerprint density at radius 1 is 1.29 bits per heavy atom. The SMILES string of the molecule is CC(N(C)C)C1(c2ccccc2)OC(=O)C2=C1CNCC2. The van der Waals surface area contributed by atoms with Gasteiger partial charge < -0.3 is 15.0 Å². The van der Waals surface area contributed by atoms with Crippen molar-refractivity contribution in [3.63, 3.8) is 0 Å². The lowest BCUT2D eigenvalue weighted by atomic mass is 9.78. The van der Waals surface area contributed by atoms with E-state index < -0.39 is 5.60 Å². The van der Waals surface area contributed by atoms with Gasteiger partial charge in [-0.05, 0) is 34.0 Å². The Bertz CT molecular complexity index is 580. The van der Waals surface area contributed by atoms with Gasteiger partial charge >= 0.3 is 5.97 Å². The highest BCUT2D eigenvalue weighted by Crippen LogP contribution is 2.46. The molecule has 0 saturated heterocycles. The standard InChI is InChI=1S/C17H22N2O2/c1-12(19(2)3)17(13-7-5-4-6-8-13)15-11-18-10-9-14(15)16(20)21-17/h4-8,12,18H,9-11H2,1-3H3. The highest BCUT2D eigenvalue weighted by molar-refractivity contribution is 5.94. The molecular formula is C17H22N2O2. The van der Waals surface area contributed by atoms with Crippen molar-refractivity contribution in [2.75, 3.05) is 27.2 Å². The molecule has 21 heavy (non-hydrogen) atoms. The van der Waals surface area contributed by atoms with E-state index in [2.05, 4.69) is 29.3 Å². The van der Waals surface area contributed by atoms with E-state index in [0.29, 0.717) is 6.54 Å². The molecule has 2 unspecified atom stereocenters. The molecule has 1 aromatic rings. The minimum Gasteiger partial charge on any atom is -0.444 e. The zero-order valence-corrected chi connectivity index (χ0v) is 12.8. The summed E-state index contributed by atoms with van der Waals surface area (Å²) in [6, 6.07) is 10.2. The molecule has 4 nitrogen and oxygen atoms in total. The number of hydrogen-bond acceptors (Lipinski definition) is 4. The van der Waals surface area contributed by atoms with E-state index in [1.165, 1.54) is 0 Å². The van der Waals surface area contributed by atoms with Crippen LogP contribution < -0.4 is 5.32 Å². The quantitative estimate of drug-likeness (QED) is 0.859. The number of likely N-dealkylation sites (N-methyl/N-ethyl adjacent to an activating group) is 1. The molecule has 3 rings (SSSR count). The molecule has 2 aliphatic rings. The molecule has 0 aromatic heterocycles. The Labute approximate surface area is 125 Å². The molecule has 1 N–H and O–H groups in total. The van der Waals surface area contributed by atoms with E-state index in [9.17, 15) is 4.79 Å². The minimum atomic E-state index is -0.676. The summed E-state index contributed by atoms with van der Waals surface area (Å²) in [5.74, 6) is -0.149. The molecule has 112 valence electrons. The van der Waals surface area contributed by atoms with Gasteiger partial charge in [-0.25, -0.2) is 4.79 Å². The first kappa shape index (κ1) is 14.3. The van der Waals surface area contributed by atoms with E-state index in [-0.39, 0.29) is 12.0 Å². The lowest BCUT2D eigenvalue weighted by Gasteiger charge is -2.40. The zero-order valence-electron chi connectivity index (χ0n) is 12.8. The fourth-order valence-electron chi connectivity index (χ4n) is 3.40. The van der Waals surface area contributed by atoms with Crippen LogP contribution in [0.4, 0.5) is 0 Å². The van der Waals surface area contributed by atoms with E-state index in [1.807, 2.05) is 32.3 Å². The van der Waals surface area contributed by atoms with Gasteiger partial charge in [-0.2, -0.15) is 0 Å². The first-order valence-electron chi connectivity index (χ1n) is 7.46. The molecule has 0 saturated carbocycles. The lowest BCUT2D eigenvalue weighted by molar-refractivity contribution is -0.152. The summed E-state index contributed by atoms with van der Waals surface area (Å²) in [6.07, 6.45) is 0.753.